The van der Waals surface area contributed by atoms with E-state index in [1.807, 2.05) is 24.3 Å². The molecule has 1 heterocycles. The molecule has 0 saturated heterocycles. The van der Waals surface area contributed by atoms with Crippen molar-refractivity contribution in [3.05, 3.63) is 72.1 Å². The smallest absolute Gasteiger partial charge is 0.258 e. The molecular formula is C21H21N5O3. The number of benzene rings is 2. The number of hydrogen-bond donors (Lipinski definition) is 3. The van der Waals surface area contributed by atoms with Gasteiger partial charge < -0.3 is 20.7 Å². The number of nitrogens with zero attached hydrogens (tertiary/aromatic N) is 2. The van der Waals surface area contributed by atoms with Gasteiger partial charge >= 0.3 is 0 Å². The van der Waals surface area contributed by atoms with Crippen LogP contribution in [0.3, 0.4) is 0 Å². The Morgan fingerprint density at radius 3 is 2.03 bits per heavy atom. The molecule has 0 saturated carbocycles. The van der Waals surface area contributed by atoms with Gasteiger partial charge in [-0.15, -0.1) is 0 Å². The number of amides is 2. The molecule has 0 unspecified atom stereocenters. The second kappa shape index (κ2) is 9.32. The minimum atomic E-state index is -0.320. The first-order chi connectivity index (χ1) is 14.0. The molecule has 0 fully saturated rings. The second-order valence-electron chi connectivity index (χ2n) is 6.21. The molecule has 0 bridgehead atoms. The Morgan fingerprint density at radius 2 is 1.48 bits per heavy atom. The van der Waals surface area contributed by atoms with E-state index in [4.69, 9.17) is 4.74 Å². The lowest BCUT2D eigenvalue weighted by molar-refractivity contribution is -0.114. The van der Waals surface area contributed by atoms with Crippen LogP contribution >= 0.6 is 0 Å². The number of rotatable bonds is 7. The largest absolute Gasteiger partial charge is 0.497 e. The summed E-state index contributed by atoms with van der Waals surface area (Å²) in [7, 11) is 1.62. The van der Waals surface area contributed by atoms with Gasteiger partial charge in [0.05, 0.1) is 12.7 Å². The maximum Gasteiger partial charge on any atom is 0.258 e. The van der Waals surface area contributed by atoms with Gasteiger partial charge in [-0.3, -0.25) is 9.59 Å². The first kappa shape index (κ1) is 19.8. The van der Waals surface area contributed by atoms with E-state index < -0.39 is 0 Å². The average molecular weight is 391 g/mol. The van der Waals surface area contributed by atoms with Gasteiger partial charge in [0.1, 0.15) is 5.75 Å². The van der Waals surface area contributed by atoms with Gasteiger partial charge in [0.15, 0.2) is 0 Å². The number of ether oxygens (including phenoxy) is 1. The number of hydrogen-bond acceptors (Lipinski definition) is 6. The van der Waals surface area contributed by atoms with Crippen molar-refractivity contribution in [3.8, 4) is 5.75 Å². The lowest BCUT2D eigenvalue weighted by Gasteiger charge is -2.08. The summed E-state index contributed by atoms with van der Waals surface area (Å²) in [4.78, 5) is 31.7. The highest BCUT2D eigenvalue weighted by molar-refractivity contribution is 6.04. The molecule has 8 heteroatoms. The van der Waals surface area contributed by atoms with Gasteiger partial charge in [-0.2, -0.15) is 0 Å². The van der Waals surface area contributed by atoms with Crippen LogP contribution in [-0.4, -0.2) is 28.9 Å². The lowest BCUT2D eigenvalue weighted by atomic mass is 10.2. The minimum Gasteiger partial charge on any atom is -0.497 e. The van der Waals surface area contributed by atoms with E-state index in [1.165, 1.54) is 19.3 Å². The number of carbonyl (C=O) groups is 2. The van der Waals surface area contributed by atoms with E-state index in [1.54, 1.807) is 31.4 Å². The molecule has 1 aromatic heterocycles. The van der Waals surface area contributed by atoms with Crippen LogP contribution in [0.1, 0.15) is 22.8 Å². The first-order valence-electron chi connectivity index (χ1n) is 8.91. The zero-order valence-corrected chi connectivity index (χ0v) is 16.1. The third-order valence-corrected chi connectivity index (χ3v) is 3.99. The third-order valence-electron chi connectivity index (χ3n) is 3.99. The predicted molar refractivity (Wildman–Crippen MR) is 111 cm³/mol. The summed E-state index contributed by atoms with van der Waals surface area (Å²) in [5.41, 5.74) is 2.65. The topological polar surface area (TPSA) is 105 Å². The molecule has 0 atom stereocenters. The summed E-state index contributed by atoms with van der Waals surface area (Å²) < 4.78 is 5.13. The Morgan fingerprint density at radius 1 is 0.897 bits per heavy atom. The van der Waals surface area contributed by atoms with Gasteiger partial charge in [0.25, 0.3) is 5.91 Å². The standard InChI is InChI=1S/C21H21N5O3/c1-14(27)25-17-5-7-18(8-6-17)26-20(28)16-12-23-21(24-13-16)22-11-15-3-9-19(29-2)10-4-15/h3-10,12-13H,11H2,1-2H3,(H,25,27)(H,26,28)(H,22,23,24). The molecule has 8 nitrogen and oxygen atoms in total. The summed E-state index contributed by atoms with van der Waals surface area (Å²) in [6.45, 7) is 1.99. The van der Waals surface area contributed by atoms with Gasteiger partial charge in [0.2, 0.25) is 11.9 Å². The van der Waals surface area contributed by atoms with Crippen LogP contribution in [0.5, 0.6) is 5.75 Å². The summed E-state index contributed by atoms with van der Waals surface area (Å²) in [6.07, 6.45) is 2.93. The quantitative estimate of drug-likeness (QED) is 0.571. The van der Waals surface area contributed by atoms with Crippen LogP contribution in [0.4, 0.5) is 17.3 Å². The summed E-state index contributed by atoms with van der Waals surface area (Å²) in [5, 5.41) is 8.54. The maximum absolute atomic E-state index is 12.3. The molecule has 29 heavy (non-hydrogen) atoms. The van der Waals surface area contributed by atoms with Gasteiger partial charge in [0, 0.05) is 37.2 Å². The molecule has 0 aliphatic carbocycles. The highest BCUT2D eigenvalue weighted by Crippen LogP contribution is 2.15. The normalized spacial score (nSPS) is 10.1. The van der Waals surface area contributed by atoms with Crippen LogP contribution < -0.4 is 20.7 Å². The molecule has 0 aliphatic rings. The molecule has 0 radical (unpaired) electrons. The minimum absolute atomic E-state index is 0.153. The molecular weight excluding hydrogens is 370 g/mol. The van der Waals surface area contributed by atoms with Crippen molar-refractivity contribution in [2.75, 3.05) is 23.1 Å². The van der Waals surface area contributed by atoms with Gasteiger partial charge in [-0.1, -0.05) is 12.1 Å². The number of carbonyl (C=O) groups excluding carboxylic acids is 2. The Balaban J connectivity index is 1.54. The van der Waals surface area contributed by atoms with Crippen molar-refractivity contribution in [2.24, 2.45) is 0 Å². The number of nitrogens with one attached hydrogen (secondary N) is 3. The molecule has 2 aromatic carbocycles. The van der Waals surface area contributed by atoms with Gasteiger partial charge in [-0.05, 0) is 42.0 Å². The molecule has 2 amide bonds. The fourth-order valence-corrected chi connectivity index (χ4v) is 2.50. The van der Waals surface area contributed by atoms with Crippen LogP contribution in [0.15, 0.2) is 60.9 Å². The van der Waals surface area contributed by atoms with E-state index in [2.05, 4.69) is 25.9 Å². The predicted octanol–water partition coefficient (Wildman–Crippen LogP) is 3.31. The van der Waals surface area contributed by atoms with Crippen molar-refractivity contribution in [1.82, 2.24) is 9.97 Å². The maximum atomic E-state index is 12.3. The van der Waals surface area contributed by atoms with E-state index in [9.17, 15) is 9.59 Å². The van der Waals surface area contributed by atoms with Crippen molar-refractivity contribution in [2.45, 2.75) is 13.5 Å². The summed E-state index contributed by atoms with van der Waals surface area (Å²) in [6, 6.07) is 14.5. The highest BCUT2D eigenvalue weighted by atomic mass is 16.5. The Bertz CT molecular complexity index is 971. The lowest BCUT2D eigenvalue weighted by Crippen LogP contribution is -2.13. The first-order valence-corrected chi connectivity index (χ1v) is 8.91. The van der Waals surface area contributed by atoms with E-state index in [-0.39, 0.29) is 11.8 Å². The Kier molecular flexibility index (Phi) is 6.36. The fraction of sp³-hybridized carbons (Fsp3) is 0.143. The van der Waals surface area contributed by atoms with E-state index in [0.717, 1.165) is 11.3 Å². The van der Waals surface area contributed by atoms with Crippen molar-refractivity contribution < 1.29 is 14.3 Å². The van der Waals surface area contributed by atoms with E-state index in [0.29, 0.717) is 29.4 Å². The van der Waals surface area contributed by atoms with Crippen LogP contribution in [0.2, 0.25) is 0 Å². The van der Waals surface area contributed by atoms with Gasteiger partial charge in [-0.25, -0.2) is 9.97 Å². The molecule has 3 N–H and O–H groups in total. The fourth-order valence-electron chi connectivity index (χ4n) is 2.50. The molecule has 0 aliphatic heterocycles. The summed E-state index contributed by atoms with van der Waals surface area (Å²) in [5.74, 6) is 0.751. The Labute approximate surface area is 168 Å². The van der Waals surface area contributed by atoms with Crippen molar-refractivity contribution in [3.63, 3.8) is 0 Å². The van der Waals surface area contributed by atoms with Crippen LogP contribution in [0.25, 0.3) is 0 Å². The SMILES string of the molecule is COc1ccc(CNc2ncc(C(=O)Nc3ccc(NC(C)=O)cc3)cn2)cc1. The monoisotopic (exact) mass is 391 g/mol. The van der Waals surface area contributed by atoms with Crippen molar-refractivity contribution in [1.29, 1.82) is 0 Å². The zero-order chi connectivity index (χ0) is 20.6. The molecule has 148 valence electrons. The van der Waals surface area contributed by atoms with Crippen molar-refractivity contribution >= 4 is 29.1 Å². The van der Waals surface area contributed by atoms with Crippen LogP contribution in [-0.2, 0) is 11.3 Å². The average Bonchev–Trinajstić information content (AvgIpc) is 2.74. The number of anilines is 3. The highest BCUT2D eigenvalue weighted by Gasteiger charge is 2.08. The molecule has 3 aromatic rings. The zero-order valence-electron chi connectivity index (χ0n) is 16.1. The van der Waals surface area contributed by atoms with E-state index >= 15 is 0 Å². The summed E-state index contributed by atoms with van der Waals surface area (Å²) >= 11 is 0. The number of aromatic nitrogens is 2. The second-order valence-corrected chi connectivity index (χ2v) is 6.21. The van der Waals surface area contributed by atoms with Crippen LogP contribution in [0, 0.1) is 0 Å². The molecule has 3 rings (SSSR count). The number of methoxy groups -OCH3 is 1. The third kappa shape index (κ3) is 5.77. The molecule has 0 spiro atoms. The Hall–Kier alpha value is -3.94.